The molecule has 0 aliphatic rings. The van der Waals surface area contributed by atoms with Crippen molar-refractivity contribution in [1.29, 1.82) is 0 Å². The van der Waals surface area contributed by atoms with Crippen LogP contribution in [0.25, 0.3) is 0 Å². The molecule has 2 atom stereocenters. The van der Waals surface area contributed by atoms with Crippen molar-refractivity contribution in [2.75, 3.05) is 7.11 Å². The van der Waals surface area contributed by atoms with Crippen LogP contribution in [0.15, 0.2) is 30.3 Å². The minimum atomic E-state index is 0.0659. The van der Waals surface area contributed by atoms with Gasteiger partial charge in [-0.25, -0.2) is 0 Å². The van der Waals surface area contributed by atoms with E-state index in [0.717, 1.165) is 17.7 Å². The Kier molecular flexibility index (Phi) is 5.26. The highest BCUT2D eigenvalue weighted by molar-refractivity contribution is 7.11. The van der Waals surface area contributed by atoms with Gasteiger partial charge in [-0.05, 0) is 57.5 Å². The van der Waals surface area contributed by atoms with Crippen molar-refractivity contribution in [1.82, 2.24) is 5.32 Å². The van der Waals surface area contributed by atoms with E-state index in [9.17, 15) is 5.11 Å². The van der Waals surface area contributed by atoms with Crippen LogP contribution in [0.3, 0.4) is 0 Å². The number of aromatic hydroxyl groups is 1. The van der Waals surface area contributed by atoms with E-state index in [-0.39, 0.29) is 6.04 Å². The number of rotatable bonds is 6. The predicted octanol–water partition coefficient (Wildman–Crippen LogP) is 4.05. The molecular weight excluding hydrogens is 282 g/mol. The fourth-order valence-corrected chi connectivity index (χ4v) is 3.50. The molecule has 2 unspecified atom stereocenters. The minimum Gasteiger partial charge on any atom is -0.508 e. The molecule has 2 rings (SSSR count). The molecule has 21 heavy (non-hydrogen) atoms. The third kappa shape index (κ3) is 4.22. The molecule has 4 heteroatoms. The summed E-state index contributed by atoms with van der Waals surface area (Å²) < 4.78 is 5.23. The van der Waals surface area contributed by atoms with Gasteiger partial charge in [0.25, 0.3) is 0 Å². The Morgan fingerprint density at radius 3 is 2.62 bits per heavy atom. The van der Waals surface area contributed by atoms with Gasteiger partial charge in [-0.3, -0.25) is 0 Å². The van der Waals surface area contributed by atoms with E-state index in [1.54, 1.807) is 19.2 Å². The van der Waals surface area contributed by atoms with Crippen LogP contribution in [0.1, 0.15) is 35.2 Å². The van der Waals surface area contributed by atoms with Gasteiger partial charge in [0.15, 0.2) is 0 Å². The molecule has 0 saturated carbocycles. The first-order valence-corrected chi connectivity index (χ1v) is 7.99. The predicted molar refractivity (Wildman–Crippen MR) is 88.4 cm³/mol. The summed E-state index contributed by atoms with van der Waals surface area (Å²) in [6.45, 7) is 6.36. The van der Waals surface area contributed by atoms with Crippen molar-refractivity contribution in [3.05, 3.63) is 45.6 Å². The molecule has 0 radical (unpaired) electrons. The van der Waals surface area contributed by atoms with E-state index in [4.69, 9.17) is 4.74 Å². The molecule has 1 heterocycles. The number of benzene rings is 1. The first-order chi connectivity index (χ1) is 9.99. The summed E-state index contributed by atoms with van der Waals surface area (Å²) in [6.07, 6.45) is 0.994. The topological polar surface area (TPSA) is 41.5 Å². The lowest BCUT2D eigenvalue weighted by Gasteiger charge is -2.21. The highest BCUT2D eigenvalue weighted by atomic mass is 32.1. The molecule has 114 valence electrons. The molecule has 0 saturated heterocycles. The summed E-state index contributed by atoms with van der Waals surface area (Å²) in [5.74, 6) is 1.06. The maximum Gasteiger partial charge on any atom is 0.120 e. The van der Waals surface area contributed by atoms with Crippen molar-refractivity contribution in [2.45, 2.75) is 39.3 Å². The van der Waals surface area contributed by atoms with Gasteiger partial charge in [-0.2, -0.15) is 0 Å². The molecular formula is C17H23NO2S. The molecule has 2 aromatic rings. The monoisotopic (exact) mass is 305 g/mol. The SMILES string of the molecule is COc1ccc(O)c(C(C)NC(C)Cc2ccc(C)s2)c1. The van der Waals surface area contributed by atoms with Crippen LogP contribution in [0.4, 0.5) is 0 Å². The lowest BCUT2D eigenvalue weighted by Crippen LogP contribution is -2.30. The van der Waals surface area contributed by atoms with Crippen LogP contribution < -0.4 is 10.1 Å². The fourth-order valence-electron chi connectivity index (χ4n) is 2.48. The number of hydrogen-bond acceptors (Lipinski definition) is 4. The molecule has 0 fully saturated rings. The maximum absolute atomic E-state index is 10.0. The third-order valence-corrected chi connectivity index (χ3v) is 4.56. The van der Waals surface area contributed by atoms with Gasteiger partial charge in [0.05, 0.1) is 7.11 Å². The maximum atomic E-state index is 10.0. The normalized spacial score (nSPS) is 13.9. The van der Waals surface area contributed by atoms with Gasteiger partial charge in [0, 0.05) is 27.4 Å². The second kappa shape index (κ2) is 6.96. The van der Waals surface area contributed by atoms with Gasteiger partial charge >= 0.3 is 0 Å². The van der Waals surface area contributed by atoms with Crippen LogP contribution in [0, 0.1) is 6.92 Å². The number of thiophene rings is 1. The number of phenolic OH excluding ortho intramolecular Hbond substituents is 1. The Labute approximate surface area is 130 Å². The standard InChI is InChI=1S/C17H23NO2S/c1-11(9-15-7-5-12(2)21-15)18-13(3)16-10-14(20-4)6-8-17(16)19/h5-8,10-11,13,18-19H,9H2,1-4H3. The first-order valence-electron chi connectivity index (χ1n) is 7.18. The zero-order valence-corrected chi connectivity index (χ0v) is 13.8. The van der Waals surface area contributed by atoms with E-state index in [2.05, 4.69) is 38.2 Å². The summed E-state index contributed by atoms with van der Waals surface area (Å²) in [5.41, 5.74) is 0.864. The van der Waals surface area contributed by atoms with Gasteiger partial charge in [-0.15, -0.1) is 11.3 Å². The highest BCUT2D eigenvalue weighted by Gasteiger charge is 2.15. The zero-order chi connectivity index (χ0) is 15.4. The van der Waals surface area contributed by atoms with E-state index < -0.39 is 0 Å². The number of ether oxygens (including phenoxy) is 1. The van der Waals surface area contributed by atoms with Crippen LogP contribution in [0.5, 0.6) is 11.5 Å². The quantitative estimate of drug-likeness (QED) is 0.846. The smallest absolute Gasteiger partial charge is 0.120 e. The lowest BCUT2D eigenvalue weighted by molar-refractivity contribution is 0.404. The minimum absolute atomic E-state index is 0.0659. The summed E-state index contributed by atoms with van der Waals surface area (Å²) in [6, 6.07) is 10.1. The largest absolute Gasteiger partial charge is 0.508 e. The molecule has 0 aliphatic heterocycles. The molecule has 2 N–H and O–H groups in total. The third-order valence-electron chi connectivity index (χ3n) is 3.54. The second-order valence-corrected chi connectivity index (χ2v) is 6.80. The van der Waals surface area contributed by atoms with Crippen LogP contribution in [-0.4, -0.2) is 18.3 Å². The average Bonchev–Trinajstić information content (AvgIpc) is 2.84. The van der Waals surface area contributed by atoms with Crippen molar-refractivity contribution in [3.63, 3.8) is 0 Å². The van der Waals surface area contributed by atoms with Crippen molar-refractivity contribution >= 4 is 11.3 Å². The number of aryl methyl sites for hydroxylation is 1. The summed E-state index contributed by atoms with van der Waals surface area (Å²) in [7, 11) is 1.63. The molecule has 3 nitrogen and oxygen atoms in total. The Balaban J connectivity index is 2.01. The molecule has 1 aromatic heterocycles. The Hall–Kier alpha value is -1.52. The second-order valence-electron chi connectivity index (χ2n) is 5.43. The van der Waals surface area contributed by atoms with Gasteiger partial charge < -0.3 is 15.2 Å². The van der Waals surface area contributed by atoms with Crippen molar-refractivity contribution < 1.29 is 9.84 Å². The highest BCUT2D eigenvalue weighted by Crippen LogP contribution is 2.28. The average molecular weight is 305 g/mol. The molecule has 0 spiro atoms. The summed E-state index contributed by atoms with van der Waals surface area (Å²) in [5, 5.41) is 13.6. The summed E-state index contributed by atoms with van der Waals surface area (Å²) in [4.78, 5) is 2.73. The van der Waals surface area contributed by atoms with E-state index >= 15 is 0 Å². The van der Waals surface area contributed by atoms with E-state index in [1.165, 1.54) is 9.75 Å². The van der Waals surface area contributed by atoms with Crippen LogP contribution in [-0.2, 0) is 6.42 Å². The number of hydrogen-bond donors (Lipinski definition) is 2. The lowest BCUT2D eigenvalue weighted by atomic mass is 10.0. The Morgan fingerprint density at radius 2 is 2.00 bits per heavy atom. The first kappa shape index (κ1) is 15.9. The van der Waals surface area contributed by atoms with E-state index in [1.807, 2.05) is 17.4 Å². The van der Waals surface area contributed by atoms with Gasteiger partial charge in [0.1, 0.15) is 11.5 Å². The van der Waals surface area contributed by atoms with Crippen LogP contribution in [0.2, 0.25) is 0 Å². The number of nitrogens with one attached hydrogen (secondary N) is 1. The fraction of sp³-hybridized carbons (Fsp3) is 0.412. The zero-order valence-electron chi connectivity index (χ0n) is 13.0. The van der Waals surface area contributed by atoms with E-state index in [0.29, 0.717) is 11.8 Å². The summed E-state index contributed by atoms with van der Waals surface area (Å²) >= 11 is 1.84. The van der Waals surface area contributed by atoms with Crippen molar-refractivity contribution in [2.24, 2.45) is 0 Å². The molecule has 1 aromatic carbocycles. The number of phenols is 1. The molecule has 0 amide bonds. The van der Waals surface area contributed by atoms with Gasteiger partial charge in [0.2, 0.25) is 0 Å². The number of methoxy groups -OCH3 is 1. The Morgan fingerprint density at radius 1 is 1.24 bits per heavy atom. The molecule has 0 bridgehead atoms. The molecule has 0 aliphatic carbocycles. The Bertz CT molecular complexity index is 594. The van der Waals surface area contributed by atoms with Crippen molar-refractivity contribution in [3.8, 4) is 11.5 Å². The van der Waals surface area contributed by atoms with Crippen LogP contribution >= 0.6 is 11.3 Å². The van der Waals surface area contributed by atoms with Gasteiger partial charge in [-0.1, -0.05) is 0 Å².